The van der Waals surface area contributed by atoms with Crippen LogP contribution in [0.1, 0.15) is 15.9 Å². The number of rotatable bonds is 7. The second kappa shape index (κ2) is 12.1. The van der Waals surface area contributed by atoms with Gasteiger partial charge in [-0.1, -0.05) is 41.9 Å². The third-order valence-electron chi connectivity index (χ3n) is 6.14. The van der Waals surface area contributed by atoms with E-state index in [2.05, 4.69) is 20.6 Å². The number of carbonyl (C=O) groups excluding carboxylic acids is 2. The molecular weight excluding hydrogens is 545 g/mol. The van der Waals surface area contributed by atoms with Crippen molar-refractivity contribution in [1.82, 2.24) is 15.3 Å². The molecule has 10 heteroatoms. The molecule has 198 valence electrons. The number of benzene rings is 3. The highest BCUT2D eigenvalue weighted by Crippen LogP contribution is 2.27. The molecule has 2 aromatic heterocycles. The molecule has 2 amide bonds. The van der Waals surface area contributed by atoms with Crippen molar-refractivity contribution in [3.8, 4) is 11.1 Å². The SMILES string of the molecule is Cl.O=C(N[C@H](Cc1c[nH]c2ccccc12)C(=O)Nc1ccncc1)c1ccc(-c2ccc(F)c(Cl)c2)cc1F. The van der Waals surface area contributed by atoms with Crippen molar-refractivity contribution in [2.24, 2.45) is 0 Å². The number of carbonyl (C=O) groups is 2. The molecule has 0 saturated heterocycles. The number of aromatic amines is 1. The number of anilines is 1. The van der Waals surface area contributed by atoms with E-state index in [0.717, 1.165) is 16.5 Å². The number of fused-ring (bicyclic) bond motifs is 1. The second-order valence-electron chi connectivity index (χ2n) is 8.64. The number of para-hydroxylation sites is 1. The fraction of sp³-hybridized carbons (Fsp3) is 0.0690. The molecule has 3 N–H and O–H groups in total. The summed E-state index contributed by atoms with van der Waals surface area (Å²) < 4.78 is 28.6. The van der Waals surface area contributed by atoms with Gasteiger partial charge in [-0.2, -0.15) is 0 Å². The number of aromatic nitrogens is 2. The van der Waals surface area contributed by atoms with E-state index in [-0.39, 0.29) is 29.4 Å². The van der Waals surface area contributed by atoms with E-state index >= 15 is 4.39 Å². The molecule has 6 nitrogen and oxygen atoms in total. The number of hydrogen-bond acceptors (Lipinski definition) is 3. The Morgan fingerprint density at radius 3 is 2.38 bits per heavy atom. The summed E-state index contributed by atoms with van der Waals surface area (Å²) in [5, 5.41) is 6.28. The van der Waals surface area contributed by atoms with Gasteiger partial charge in [-0.3, -0.25) is 14.6 Å². The van der Waals surface area contributed by atoms with Gasteiger partial charge in [0.25, 0.3) is 5.91 Å². The van der Waals surface area contributed by atoms with Crippen molar-refractivity contribution in [2.45, 2.75) is 12.5 Å². The molecule has 1 atom stereocenters. The van der Waals surface area contributed by atoms with Crippen LogP contribution in [-0.2, 0) is 11.2 Å². The average Bonchev–Trinajstić information content (AvgIpc) is 3.33. The predicted octanol–water partition coefficient (Wildman–Crippen LogP) is 6.56. The van der Waals surface area contributed by atoms with Crippen LogP contribution in [-0.4, -0.2) is 27.8 Å². The van der Waals surface area contributed by atoms with Crippen molar-refractivity contribution < 1.29 is 18.4 Å². The van der Waals surface area contributed by atoms with Crippen LogP contribution in [0.5, 0.6) is 0 Å². The highest BCUT2D eigenvalue weighted by Gasteiger charge is 2.25. The first kappa shape index (κ1) is 27.8. The molecule has 0 bridgehead atoms. The van der Waals surface area contributed by atoms with Crippen LogP contribution in [0.2, 0.25) is 5.02 Å². The average molecular weight is 567 g/mol. The molecular formula is C29H22Cl2F2N4O2. The normalized spacial score (nSPS) is 11.5. The van der Waals surface area contributed by atoms with E-state index in [4.69, 9.17) is 11.6 Å². The summed E-state index contributed by atoms with van der Waals surface area (Å²) in [6, 6.07) is 17.9. The van der Waals surface area contributed by atoms with Gasteiger partial charge in [-0.15, -0.1) is 12.4 Å². The van der Waals surface area contributed by atoms with Gasteiger partial charge in [0.15, 0.2) is 0 Å². The summed E-state index contributed by atoms with van der Waals surface area (Å²) in [4.78, 5) is 33.5. The molecule has 39 heavy (non-hydrogen) atoms. The highest BCUT2D eigenvalue weighted by atomic mass is 35.5. The van der Waals surface area contributed by atoms with Gasteiger partial charge >= 0.3 is 0 Å². The zero-order valence-electron chi connectivity index (χ0n) is 20.3. The molecule has 0 aliphatic heterocycles. The first-order chi connectivity index (χ1) is 18.4. The topological polar surface area (TPSA) is 86.9 Å². The number of H-pyrrole nitrogens is 1. The smallest absolute Gasteiger partial charge is 0.254 e. The van der Waals surface area contributed by atoms with Gasteiger partial charge in [0.05, 0.1) is 10.6 Å². The lowest BCUT2D eigenvalue weighted by Gasteiger charge is -2.19. The number of hydrogen-bond donors (Lipinski definition) is 3. The van der Waals surface area contributed by atoms with E-state index in [9.17, 15) is 14.0 Å². The van der Waals surface area contributed by atoms with Gasteiger partial charge < -0.3 is 15.6 Å². The van der Waals surface area contributed by atoms with E-state index in [1.165, 1.54) is 48.8 Å². The lowest BCUT2D eigenvalue weighted by molar-refractivity contribution is -0.118. The molecule has 0 saturated carbocycles. The maximum absolute atomic E-state index is 15.1. The number of pyridine rings is 1. The minimum absolute atomic E-state index is 0. The summed E-state index contributed by atoms with van der Waals surface area (Å²) in [6.45, 7) is 0. The Kier molecular flexibility index (Phi) is 8.59. The molecule has 3 aromatic carbocycles. The summed E-state index contributed by atoms with van der Waals surface area (Å²) in [7, 11) is 0. The molecule has 5 aromatic rings. The van der Waals surface area contributed by atoms with Crippen molar-refractivity contribution in [3.63, 3.8) is 0 Å². The number of halogens is 4. The Morgan fingerprint density at radius 1 is 0.923 bits per heavy atom. The van der Waals surface area contributed by atoms with Crippen molar-refractivity contribution >= 4 is 52.4 Å². The summed E-state index contributed by atoms with van der Waals surface area (Å²) in [5.41, 5.74) is 2.91. The number of nitrogens with zero attached hydrogens (tertiary/aromatic N) is 1. The number of nitrogens with one attached hydrogen (secondary N) is 3. The largest absolute Gasteiger partial charge is 0.361 e. The summed E-state index contributed by atoms with van der Waals surface area (Å²) >= 11 is 5.85. The van der Waals surface area contributed by atoms with Crippen LogP contribution in [0.4, 0.5) is 14.5 Å². The van der Waals surface area contributed by atoms with Crippen LogP contribution in [0.15, 0.2) is 91.4 Å². The molecule has 5 rings (SSSR count). The summed E-state index contributed by atoms with van der Waals surface area (Å²) in [6.07, 6.45) is 5.02. The minimum atomic E-state index is -1.01. The third-order valence-corrected chi connectivity index (χ3v) is 6.42. The Labute approximate surface area is 233 Å². The van der Waals surface area contributed by atoms with Gasteiger partial charge in [-0.25, -0.2) is 8.78 Å². The zero-order chi connectivity index (χ0) is 26.6. The van der Waals surface area contributed by atoms with E-state index in [1.54, 1.807) is 18.3 Å². The lowest BCUT2D eigenvalue weighted by atomic mass is 10.0. The van der Waals surface area contributed by atoms with Crippen LogP contribution < -0.4 is 10.6 Å². The van der Waals surface area contributed by atoms with E-state index in [1.807, 2.05) is 24.3 Å². The predicted molar refractivity (Wildman–Crippen MR) is 150 cm³/mol. The van der Waals surface area contributed by atoms with E-state index < -0.39 is 29.5 Å². The lowest BCUT2D eigenvalue weighted by Crippen LogP contribution is -2.45. The Morgan fingerprint density at radius 2 is 1.64 bits per heavy atom. The Balaban J connectivity index is 0.00000353. The van der Waals surface area contributed by atoms with Crippen LogP contribution in [0, 0.1) is 11.6 Å². The fourth-order valence-electron chi connectivity index (χ4n) is 4.18. The standard InChI is InChI=1S/C29H21ClF2N4O2.ClH/c30-23-13-17(6-8-24(23)31)18-5-7-22(25(32)14-18)28(37)36-27(29(38)35-20-9-11-33-12-10-20)15-19-16-34-26-4-2-1-3-21(19)26;/h1-14,16,27,34H,15H2,(H,36,37)(H,33,35,38);1H/t27-;/m1./s1. The Bertz CT molecular complexity index is 1640. The van der Waals surface area contributed by atoms with Gasteiger partial charge in [0, 0.05) is 41.6 Å². The van der Waals surface area contributed by atoms with Gasteiger partial charge in [0.2, 0.25) is 5.91 Å². The molecule has 0 unspecified atom stereocenters. The molecule has 0 radical (unpaired) electrons. The van der Waals surface area contributed by atoms with Crippen LogP contribution >= 0.6 is 24.0 Å². The number of amides is 2. The maximum atomic E-state index is 15.1. The molecule has 0 aliphatic rings. The summed E-state index contributed by atoms with van der Waals surface area (Å²) in [5.74, 6) is -2.59. The maximum Gasteiger partial charge on any atom is 0.254 e. The second-order valence-corrected chi connectivity index (χ2v) is 9.05. The van der Waals surface area contributed by atoms with Crippen LogP contribution in [0.3, 0.4) is 0 Å². The van der Waals surface area contributed by atoms with Gasteiger partial charge in [-0.05, 0) is 59.2 Å². The third kappa shape index (κ3) is 6.25. The van der Waals surface area contributed by atoms with Gasteiger partial charge in [0.1, 0.15) is 17.7 Å². The Hall–Kier alpha value is -4.27. The van der Waals surface area contributed by atoms with Crippen molar-refractivity contribution in [2.75, 3.05) is 5.32 Å². The monoisotopic (exact) mass is 566 g/mol. The fourth-order valence-corrected chi connectivity index (χ4v) is 4.37. The first-order valence-electron chi connectivity index (χ1n) is 11.7. The van der Waals surface area contributed by atoms with Crippen molar-refractivity contribution in [3.05, 3.63) is 119 Å². The first-order valence-corrected chi connectivity index (χ1v) is 12.1. The molecule has 0 aliphatic carbocycles. The quantitative estimate of drug-likeness (QED) is 0.208. The van der Waals surface area contributed by atoms with Crippen LogP contribution in [0.25, 0.3) is 22.0 Å². The molecule has 2 heterocycles. The molecule has 0 fully saturated rings. The highest BCUT2D eigenvalue weighted by molar-refractivity contribution is 6.31. The zero-order valence-corrected chi connectivity index (χ0v) is 21.8. The van der Waals surface area contributed by atoms with Crippen molar-refractivity contribution in [1.29, 1.82) is 0 Å². The van der Waals surface area contributed by atoms with E-state index in [0.29, 0.717) is 16.8 Å². The minimum Gasteiger partial charge on any atom is -0.361 e. The molecule has 0 spiro atoms.